The van der Waals surface area contributed by atoms with Gasteiger partial charge >= 0.3 is 5.97 Å². The molecule has 0 amide bonds. The standard InChI is InChI=1S/C13H17NO2/c1-8(2)9-3-4-10-6-12(13(15)16)14-7-11(10)5-9/h3-5,8,12,14H,6-7H2,1-2H3,(H,15,16). The smallest absolute Gasteiger partial charge is 0.321 e. The molecule has 0 saturated heterocycles. The Hall–Kier alpha value is -1.35. The highest BCUT2D eigenvalue weighted by Crippen LogP contribution is 2.22. The summed E-state index contributed by atoms with van der Waals surface area (Å²) in [5.74, 6) is -0.249. The van der Waals surface area contributed by atoms with Gasteiger partial charge in [0, 0.05) is 6.54 Å². The van der Waals surface area contributed by atoms with Gasteiger partial charge in [0.05, 0.1) is 0 Å². The molecule has 3 heteroatoms. The van der Waals surface area contributed by atoms with Crippen LogP contribution in [0.25, 0.3) is 0 Å². The topological polar surface area (TPSA) is 49.3 Å². The Labute approximate surface area is 95.5 Å². The Morgan fingerprint density at radius 3 is 2.81 bits per heavy atom. The first-order valence-electron chi connectivity index (χ1n) is 5.66. The summed E-state index contributed by atoms with van der Waals surface area (Å²) in [5, 5.41) is 12.0. The molecule has 0 fully saturated rings. The lowest BCUT2D eigenvalue weighted by atomic mass is 9.91. The molecule has 16 heavy (non-hydrogen) atoms. The molecule has 3 nitrogen and oxygen atoms in total. The first-order valence-corrected chi connectivity index (χ1v) is 5.66. The van der Waals surface area contributed by atoms with Gasteiger partial charge in [0.15, 0.2) is 0 Å². The van der Waals surface area contributed by atoms with Crippen LogP contribution >= 0.6 is 0 Å². The number of hydrogen-bond acceptors (Lipinski definition) is 2. The van der Waals surface area contributed by atoms with E-state index in [-0.39, 0.29) is 0 Å². The van der Waals surface area contributed by atoms with E-state index in [0.29, 0.717) is 18.9 Å². The van der Waals surface area contributed by atoms with E-state index in [1.807, 2.05) is 0 Å². The molecule has 0 aliphatic carbocycles. The summed E-state index contributed by atoms with van der Waals surface area (Å²) in [5.41, 5.74) is 3.72. The van der Waals surface area contributed by atoms with E-state index < -0.39 is 12.0 Å². The van der Waals surface area contributed by atoms with E-state index in [1.54, 1.807) is 0 Å². The quantitative estimate of drug-likeness (QED) is 0.798. The molecule has 2 rings (SSSR count). The maximum Gasteiger partial charge on any atom is 0.321 e. The van der Waals surface area contributed by atoms with Crippen molar-refractivity contribution in [1.29, 1.82) is 0 Å². The minimum atomic E-state index is -0.765. The SMILES string of the molecule is CC(C)c1ccc2c(c1)CNC(C(=O)O)C2. The number of nitrogens with one attached hydrogen (secondary N) is 1. The monoisotopic (exact) mass is 219 g/mol. The fourth-order valence-corrected chi connectivity index (χ4v) is 2.07. The molecule has 0 radical (unpaired) electrons. The summed E-state index contributed by atoms with van der Waals surface area (Å²) in [7, 11) is 0. The first-order chi connectivity index (χ1) is 7.58. The maximum atomic E-state index is 10.9. The van der Waals surface area contributed by atoms with Gasteiger partial charge in [-0.15, -0.1) is 0 Å². The molecular formula is C13H17NO2. The van der Waals surface area contributed by atoms with Crippen molar-refractivity contribution < 1.29 is 9.90 Å². The number of benzene rings is 1. The normalized spacial score (nSPS) is 19.6. The van der Waals surface area contributed by atoms with E-state index in [4.69, 9.17) is 5.11 Å². The number of carbonyl (C=O) groups is 1. The third-order valence-electron chi connectivity index (χ3n) is 3.16. The van der Waals surface area contributed by atoms with E-state index >= 15 is 0 Å². The highest BCUT2D eigenvalue weighted by atomic mass is 16.4. The summed E-state index contributed by atoms with van der Waals surface area (Å²) >= 11 is 0. The number of aliphatic carboxylic acids is 1. The molecule has 0 aromatic heterocycles. The van der Waals surface area contributed by atoms with Crippen LogP contribution in [0, 0.1) is 0 Å². The largest absolute Gasteiger partial charge is 0.480 e. The molecule has 1 atom stereocenters. The number of rotatable bonds is 2. The Morgan fingerprint density at radius 2 is 2.19 bits per heavy atom. The molecule has 1 heterocycles. The number of hydrogen-bond donors (Lipinski definition) is 2. The maximum absolute atomic E-state index is 10.9. The second kappa shape index (κ2) is 4.26. The van der Waals surface area contributed by atoms with Crippen molar-refractivity contribution in [3.63, 3.8) is 0 Å². The third kappa shape index (κ3) is 2.09. The minimum Gasteiger partial charge on any atom is -0.480 e. The predicted molar refractivity (Wildman–Crippen MR) is 62.5 cm³/mol. The van der Waals surface area contributed by atoms with E-state index in [9.17, 15) is 4.79 Å². The first kappa shape index (κ1) is 11.1. The van der Waals surface area contributed by atoms with Gasteiger partial charge in [-0.1, -0.05) is 32.0 Å². The summed E-state index contributed by atoms with van der Waals surface area (Å²) in [6.45, 7) is 4.99. The Bertz CT molecular complexity index is 412. The van der Waals surface area contributed by atoms with Gasteiger partial charge in [0.2, 0.25) is 0 Å². The summed E-state index contributed by atoms with van der Waals surface area (Å²) in [4.78, 5) is 10.9. The average Bonchev–Trinajstić information content (AvgIpc) is 2.27. The zero-order chi connectivity index (χ0) is 11.7. The Kier molecular flexibility index (Phi) is 2.97. The van der Waals surface area contributed by atoms with Crippen LogP contribution in [0.2, 0.25) is 0 Å². The lowest BCUT2D eigenvalue weighted by Crippen LogP contribution is -2.41. The average molecular weight is 219 g/mol. The molecule has 2 N–H and O–H groups in total. The third-order valence-corrected chi connectivity index (χ3v) is 3.16. The van der Waals surface area contributed by atoms with Gasteiger partial charge in [-0.2, -0.15) is 0 Å². The Morgan fingerprint density at radius 1 is 1.44 bits per heavy atom. The zero-order valence-corrected chi connectivity index (χ0v) is 9.66. The van der Waals surface area contributed by atoms with E-state index in [1.165, 1.54) is 11.1 Å². The summed E-state index contributed by atoms with van der Waals surface area (Å²) < 4.78 is 0. The van der Waals surface area contributed by atoms with Crippen LogP contribution in [-0.2, 0) is 17.8 Å². The second-order valence-corrected chi connectivity index (χ2v) is 4.66. The summed E-state index contributed by atoms with van der Waals surface area (Å²) in [6, 6.07) is 5.93. The molecule has 0 saturated carbocycles. The van der Waals surface area contributed by atoms with Crippen molar-refractivity contribution in [2.45, 2.75) is 38.8 Å². The van der Waals surface area contributed by atoms with Gasteiger partial charge in [-0.05, 0) is 29.0 Å². The minimum absolute atomic E-state index is 0.433. The van der Waals surface area contributed by atoms with E-state index in [0.717, 1.165) is 5.56 Å². The van der Waals surface area contributed by atoms with Crippen LogP contribution in [0.5, 0.6) is 0 Å². The zero-order valence-electron chi connectivity index (χ0n) is 9.66. The van der Waals surface area contributed by atoms with Crippen LogP contribution in [0.3, 0.4) is 0 Å². The second-order valence-electron chi connectivity index (χ2n) is 4.66. The fourth-order valence-electron chi connectivity index (χ4n) is 2.07. The van der Waals surface area contributed by atoms with Gasteiger partial charge in [0.1, 0.15) is 6.04 Å². The van der Waals surface area contributed by atoms with Crippen LogP contribution in [0.1, 0.15) is 36.5 Å². The molecule has 1 aromatic rings. The Balaban J connectivity index is 2.25. The van der Waals surface area contributed by atoms with Crippen LogP contribution < -0.4 is 5.32 Å². The molecule has 1 aliphatic heterocycles. The van der Waals surface area contributed by atoms with Crippen molar-refractivity contribution in [3.8, 4) is 0 Å². The van der Waals surface area contributed by atoms with Gasteiger partial charge in [0.25, 0.3) is 0 Å². The van der Waals surface area contributed by atoms with Crippen molar-refractivity contribution in [2.24, 2.45) is 0 Å². The number of carboxylic acids is 1. The number of fused-ring (bicyclic) bond motifs is 1. The molecule has 0 spiro atoms. The molecular weight excluding hydrogens is 202 g/mol. The van der Waals surface area contributed by atoms with Crippen molar-refractivity contribution >= 4 is 5.97 Å². The highest BCUT2D eigenvalue weighted by molar-refractivity contribution is 5.74. The summed E-state index contributed by atoms with van der Waals surface area (Å²) in [6.07, 6.45) is 0.586. The van der Waals surface area contributed by atoms with E-state index in [2.05, 4.69) is 37.4 Å². The predicted octanol–water partition coefficient (Wildman–Crippen LogP) is 1.91. The molecule has 86 valence electrons. The van der Waals surface area contributed by atoms with Crippen LogP contribution in [0.15, 0.2) is 18.2 Å². The van der Waals surface area contributed by atoms with Crippen molar-refractivity contribution in [3.05, 3.63) is 34.9 Å². The van der Waals surface area contributed by atoms with Crippen molar-refractivity contribution in [1.82, 2.24) is 5.32 Å². The lowest BCUT2D eigenvalue weighted by molar-refractivity contribution is -0.139. The van der Waals surface area contributed by atoms with Gasteiger partial charge < -0.3 is 10.4 Å². The molecule has 1 aromatic carbocycles. The van der Waals surface area contributed by atoms with Crippen molar-refractivity contribution in [2.75, 3.05) is 0 Å². The molecule has 0 bridgehead atoms. The lowest BCUT2D eigenvalue weighted by Gasteiger charge is -2.24. The van der Waals surface area contributed by atoms with Gasteiger partial charge in [-0.3, -0.25) is 4.79 Å². The number of carboxylic acid groups (broad SMARTS) is 1. The fraction of sp³-hybridized carbons (Fsp3) is 0.462. The van der Waals surface area contributed by atoms with Crippen LogP contribution in [0.4, 0.5) is 0 Å². The molecule has 1 unspecified atom stereocenters. The van der Waals surface area contributed by atoms with Gasteiger partial charge in [-0.25, -0.2) is 0 Å². The van der Waals surface area contributed by atoms with Crippen LogP contribution in [-0.4, -0.2) is 17.1 Å². The highest BCUT2D eigenvalue weighted by Gasteiger charge is 2.23. The molecule has 1 aliphatic rings.